The number of nitrogen functional groups attached to an aromatic ring is 1. The molecule has 1 unspecified atom stereocenters. The lowest BCUT2D eigenvalue weighted by Crippen LogP contribution is -2.09. The van der Waals surface area contributed by atoms with Crippen molar-refractivity contribution in [1.82, 2.24) is 0 Å². The molecule has 0 heterocycles. The van der Waals surface area contributed by atoms with E-state index in [9.17, 15) is 4.21 Å². The van der Waals surface area contributed by atoms with Gasteiger partial charge in [0.1, 0.15) is 0 Å². The Balaban J connectivity index is 2.51. The van der Waals surface area contributed by atoms with Gasteiger partial charge in [-0.3, -0.25) is 4.21 Å². The maximum absolute atomic E-state index is 10.8. The van der Waals surface area contributed by atoms with E-state index in [1.165, 1.54) is 0 Å². The minimum absolute atomic E-state index is 0.670. The van der Waals surface area contributed by atoms with E-state index in [2.05, 4.69) is 5.32 Å². The highest BCUT2D eigenvalue weighted by Crippen LogP contribution is 2.15. The van der Waals surface area contributed by atoms with Gasteiger partial charge in [0.15, 0.2) is 0 Å². The van der Waals surface area contributed by atoms with Crippen LogP contribution in [-0.4, -0.2) is 22.8 Å². The fourth-order valence-corrected chi connectivity index (χ4v) is 1.51. The van der Waals surface area contributed by atoms with E-state index in [4.69, 9.17) is 5.73 Å². The quantitative estimate of drug-likeness (QED) is 0.741. The van der Waals surface area contributed by atoms with Crippen molar-refractivity contribution in [2.24, 2.45) is 0 Å². The van der Waals surface area contributed by atoms with Crippen molar-refractivity contribution in [3.8, 4) is 0 Å². The molecule has 0 bridgehead atoms. The molecular weight excluding hydrogens is 196 g/mol. The molecule has 1 aromatic carbocycles. The molecule has 78 valence electrons. The third-order valence-corrected chi connectivity index (χ3v) is 2.77. The molecule has 1 atom stereocenters. The molecule has 3 nitrogen and oxygen atoms in total. The van der Waals surface area contributed by atoms with Gasteiger partial charge in [-0.15, -0.1) is 0 Å². The number of nitrogens with two attached hydrogens (primary N) is 1. The summed E-state index contributed by atoms with van der Waals surface area (Å²) < 4.78 is 10.8. The molecule has 0 saturated carbocycles. The molecule has 0 aliphatic rings. The van der Waals surface area contributed by atoms with Crippen molar-refractivity contribution in [2.45, 2.75) is 6.92 Å². The molecule has 0 saturated heterocycles. The predicted molar refractivity (Wildman–Crippen MR) is 63.0 cm³/mol. The molecule has 0 fully saturated rings. The molecule has 0 aliphatic heterocycles. The Morgan fingerprint density at radius 2 is 2.21 bits per heavy atom. The van der Waals surface area contributed by atoms with E-state index >= 15 is 0 Å². The van der Waals surface area contributed by atoms with Crippen LogP contribution in [0.2, 0.25) is 0 Å². The second-order valence-corrected chi connectivity index (χ2v) is 4.83. The third-order valence-electron chi connectivity index (χ3n) is 1.99. The second kappa shape index (κ2) is 5.00. The van der Waals surface area contributed by atoms with Crippen LogP contribution in [-0.2, 0) is 10.8 Å². The van der Waals surface area contributed by atoms with E-state index in [1.54, 1.807) is 6.26 Å². The number of nitrogens with one attached hydrogen (secondary N) is 1. The summed E-state index contributed by atoms with van der Waals surface area (Å²) in [5.74, 6) is 0.670. The van der Waals surface area contributed by atoms with Gasteiger partial charge in [-0.25, -0.2) is 0 Å². The summed E-state index contributed by atoms with van der Waals surface area (Å²) in [6.07, 6.45) is 1.70. The first-order chi connectivity index (χ1) is 6.59. The molecule has 1 aromatic rings. The van der Waals surface area contributed by atoms with Gasteiger partial charge in [0.2, 0.25) is 0 Å². The molecule has 3 N–H and O–H groups in total. The smallest absolute Gasteiger partial charge is 0.0405 e. The topological polar surface area (TPSA) is 55.1 Å². The Hall–Kier alpha value is -1.03. The van der Waals surface area contributed by atoms with Crippen molar-refractivity contribution in [3.05, 3.63) is 23.8 Å². The minimum atomic E-state index is -0.736. The number of hydrogen-bond acceptors (Lipinski definition) is 3. The average Bonchev–Trinajstić information content (AvgIpc) is 2.10. The van der Waals surface area contributed by atoms with Gasteiger partial charge in [-0.2, -0.15) is 0 Å². The van der Waals surface area contributed by atoms with E-state index in [1.807, 2.05) is 25.1 Å². The third kappa shape index (κ3) is 3.38. The standard InChI is InChI=1S/C10H16N2OS/c1-8-7-9(3-4-10(8)11)12-5-6-14(2)13/h3-4,7,12H,5-6,11H2,1-2H3. The predicted octanol–water partition coefficient (Wildman–Crippen LogP) is 1.37. The fourth-order valence-electron chi connectivity index (χ4n) is 1.12. The van der Waals surface area contributed by atoms with E-state index in [0.29, 0.717) is 5.75 Å². The summed E-state index contributed by atoms with van der Waals surface area (Å²) in [6, 6.07) is 5.80. The zero-order chi connectivity index (χ0) is 10.6. The molecule has 4 heteroatoms. The summed E-state index contributed by atoms with van der Waals surface area (Å²) in [7, 11) is -0.736. The maximum atomic E-state index is 10.8. The first-order valence-corrected chi connectivity index (χ1v) is 6.22. The first kappa shape index (κ1) is 11.0. The van der Waals surface area contributed by atoms with Gasteiger partial charge in [-0.1, -0.05) is 0 Å². The Labute approximate surface area is 87.2 Å². The van der Waals surface area contributed by atoms with Crippen LogP contribution < -0.4 is 11.1 Å². The van der Waals surface area contributed by atoms with Crippen LogP contribution >= 0.6 is 0 Å². The average molecular weight is 212 g/mol. The van der Waals surface area contributed by atoms with Crippen LogP contribution in [0.15, 0.2) is 18.2 Å². The zero-order valence-corrected chi connectivity index (χ0v) is 9.36. The van der Waals surface area contributed by atoms with Crippen molar-refractivity contribution in [1.29, 1.82) is 0 Å². The van der Waals surface area contributed by atoms with Gasteiger partial charge in [0.05, 0.1) is 0 Å². The fraction of sp³-hybridized carbons (Fsp3) is 0.400. The summed E-state index contributed by atoms with van der Waals surface area (Å²) in [5.41, 5.74) is 8.58. The molecule has 0 aliphatic carbocycles. The normalized spacial score (nSPS) is 12.4. The van der Waals surface area contributed by atoms with Gasteiger partial charge < -0.3 is 11.1 Å². The monoisotopic (exact) mass is 212 g/mol. The Kier molecular flexibility index (Phi) is 3.95. The van der Waals surface area contributed by atoms with Crippen molar-refractivity contribution < 1.29 is 4.21 Å². The number of rotatable bonds is 4. The number of hydrogen-bond donors (Lipinski definition) is 2. The number of benzene rings is 1. The molecule has 1 rings (SSSR count). The van der Waals surface area contributed by atoms with Crippen LogP contribution in [0.4, 0.5) is 11.4 Å². The van der Waals surface area contributed by atoms with Crippen LogP contribution in [0, 0.1) is 6.92 Å². The summed E-state index contributed by atoms with van der Waals surface area (Å²) >= 11 is 0. The highest BCUT2D eigenvalue weighted by molar-refractivity contribution is 7.84. The number of anilines is 2. The van der Waals surface area contributed by atoms with Gasteiger partial charge in [0.25, 0.3) is 0 Å². The van der Waals surface area contributed by atoms with E-state index < -0.39 is 10.8 Å². The van der Waals surface area contributed by atoms with Crippen molar-refractivity contribution >= 4 is 22.2 Å². The van der Waals surface area contributed by atoms with Gasteiger partial charge in [-0.05, 0) is 30.7 Å². The number of aryl methyl sites for hydroxylation is 1. The molecule has 0 aromatic heterocycles. The van der Waals surface area contributed by atoms with Crippen molar-refractivity contribution in [2.75, 3.05) is 29.6 Å². The van der Waals surface area contributed by atoms with Gasteiger partial charge >= 0.3 is 0 Å². The molecule has 0 spiro atoms. The SMILES string of the molecule is Cc1cc(NCCS(C)=O)ccc1N. The Morgan fingerprint density at radius 1 is 1.50 bits per heavy atom. The van der Waals surface area contributed by atoms with Crippen LogP contribution in [0.5, 0.6) is 0 Å². The van der Waals surface area contributed by atoms with Crippen LogP contribution in [0.3, 0.4) is 0 Å². The van der Waals surface area contributed by atoms with Crippen LogP contribution in [0.1, 0.15) is 5.56 Å². The zero-order valence-electron chi connectivity index (χ0n) is 8.54. The maximum Gasteiger partial charge on any atom is 0.0405 e. The molecule has 0 amide bonds. The Bertz CT molecular complexity index is 339. The minimum Gasteiger partial charge on any atom is -0.399 e. The largest absolute Gasteiger partial charge is 0.399 e. The van der Waals surface area contributed by atoms with Gasteiger partial charge in [0, 0.05) is 40.7 Å². The highest BCUT2D eigenvalue weighted by atomic mass is 32.2. The molecular formula is C10H16N2OS. The first-order valence-electron chi connectivity index (χ1n) is 4.49. The van der Waals surface area contributed by atoms with E-state index in [0.717, 1.165) is 23.5 Å². The molecule has 14 heavy (non-hydrogen) atoms. The van der Waals surface area contributed by atoms with Crippen molar-refractivity contribution in [3.63, 3.8) is 0 Å². The highest BCUT2D eigenvalue weighted by Gasteiger charge is 1.96. The second-order valence-electron chi connectivity index (χ2n) is 3.28. The summed E-state index contributed by atoms with van der Waals surface area (Å²) in [6.45, 7) is 2.70. The lowest BCUT2D eigenvalue weighted by molar-refractivity contribution is 0.687. The van der Waals surface area contributed by atoms with Crippen LogP contribution in [0.25, 0.3) is 0 Å². The Morgan fingerprint density at radius 3 is 2.79 bits per heavy atom. The molecule has 0 radical (unpaired) electrons. The lowest BCUT2D eigenvalue weighted by Gasteiger charge is -2.07. The summed E-state index contributed by atoms with van der Waals surface area (Å²) in [5, 5.41) is 3.20. The summed E-state index contributed by atoms with van der Waals surface area (Å²) in [4.78, 5) is 0. The van der Waals surface area contributed by atoms with E-state index in [-0.39, 0.29) is 0 Å². The lowest BCUT2D eigenvalue weighted by atomic mass is 10.2.